The lowest BCUT2D eigenvalue weighted by atomic mass is 10.1. The first kappa shape index (κ1) is 18.1. The monoisotopic (exact) mass is 367 g/mol. The molecule has 2 aromatic carbocycles. The van der Waals surface area contributed by atoms with Crippen molar-refractivity contribution in [3.05, 3.63) is 66.0 Å². The van der Waals surface area contributed by atoms with Gasteiger partial charge in [0.2, 0.25) is 5.91 Å². The van der Waals surface area contributed by atoms with Crippen LogP contribution in [-0.2, 0) is 4.79 Å². The molecule has 0 fully saturated rings. The first-order valence-corrected chi connectivity index (χ1v) is 9.24. The topological polar surface area (TPSA) is 56.1 Å². The quantitative estimate of drug-likeness (QED) is 0.663. The number of hydrogen-bond donors (Lipinski definition) is 1. The van der Waals surface area contributed by atoms with Gasteiger partial charge < -0.3 is 10.1 Å². The largest absolute Gasteiger partial charge is 0.495 e. The first-order chi connectivity index (χ1) is 12.6. The molecule has 3 rings (SSSR count). The molecule has 1 amide bonds. The molecule has 1 N–H and O–H groups in total. The van der Waals surface area contributed by atoms with Crippen LogP contribution in [-0.4, -0.2) is 28.3 Å². The number of nitrogens with one attached hydrogen (secondary N) is 1. The summed E-state index contributed by atoms with van der Waals surface area (Å²) in [6.45, 7) is 4.18. The molecule has 6 heteroatoms. The lowest BCUT2D eigenvalue weighted by molar-refractivity contribution is -0.113. The number of imidazole rings is 1. The Bertz CT molecular complexity index is 921. The van der Waals surface area contributed by atoms with Crippen LogP contribution in [0.25, 0.3) is 5.69 Å². The summed E-state index contributed by atoms with van der Waals surface area (Å²) >= 11 is 1.40. The van der Waals surface area contributed by atoms with Gasteiger partial charge >= 0.3 is 0 Å². The smallest absolute Gasteiger partial charge is 0.234 e. The summed E-state index contributed by atoms with van der Waals surface area (Å²) in [5.41, 5.74) is 4.17. The highest BCUT2D eigenvalue weighted by atomic mass is 32.2. The first-order valence-electron chi connectivity index (χ1n) is 8.25. The summed E-state index contributed by atoms with van der Waals surface area (Å²) < 4.78 is 7.28. The molecule has 1 heterocycles. The highest BCUT2D eigenvalue weighted by molar-refractivity contribution is 7.99. The van der Waals surface area contributed by atoms with Crippen LogP contribution in [0, 0.1) is 13.8 Å². The highest BCUT2D eigenvalue weighted by Gasteiger charge is 2.12. The van der Waals surface area contributed by atoms with Crippen LogP contribution in [0.2, 0.25) is 0 Å². The van der Waals surface area contributed by atoms with Gasteiger partial charge in [0.25, 0.3) is 0 Å². The van der Waals surface area contributed by atoms with Crippen LogP contribution in [0.4, 0.5) is 5.69 Å². The summed E-state index contributed by atoms with van der Waals surface area (Å²) in [7, 11) is 1.58. The fraction of sp³-hybridized carbons (Fsp3) is 0.200. The van der Waals surface area contributed by atoms with Crippen LogP contribution in [0.15, 0.2) is 60.0 Å². The number of ether oxygens (including phenoxy) is 1. The summed E-state index contributed by atoms with van der Waals surface area (Å²) in [4.78, 5) is 16.7. The molecule has 0 unspecified atom stereocenters. The number of benzene rings is 2. The Hall–Kier alpha value is -2.73. The Labute approximate surface area is 157 Å². The van der Waals surface area contributed by atoms with Crippen LogP contribution in [0.5, 0.6) is 5.75 Å². The zero-order valence-electron chi connectivity index (χ0n) is 15.0. The van der Waals surface area contributed by atoms with E-state index in [1.165, 1.54) is 22.9 Å². The van der Waals surface area contributed by atoms with E-state index in [0.29, 0.717) is 11.4 Å². The minimum absolute atomic E-state index is 0.102. The zero-order valence-corrected chi connectivity index (χ0v) is 15.8. The third kappa shape index (κ3) is 3.91. The van der Waals surface area contributed by atoms with Gasteiger partial charge in [-0.3, -0.25) is 9.36 Å². The van der Waals surface area contributed by atoms with Crippen LogP contribution in [0.3, 0.4) is 0 Å². The molecule has 0 aliphatic rings. The molecule has 0 atom stereocenters. The maximum atomic E-state index is 12.3. The van der Waals surface area contributed by atoms with Crippen molar-refractivity contribution in [3.8, 4) is 11.4 Å². The minimum atomic E-state index is -0.102. The fourth-order valence-electron chi connectivity index (χ4n) is 2.64. The van der Waals surface area contributed by atoms with E-state index < -0.39 is 0 Å². The fourth-order valence-corrected chi connectivity index (χ4v) is 3.41. The maximum absolute atomic E-state index is 12.3. The Morgan fingerprint density at radius 3 is 2.81 bits per heavy atom. The predicted octanol–water partition coefficient (Wildman–Crippen LogP) is 4.23. The molecule has 0 aliphatic carbocycles. The number of nitrogens with zero attached hydrogens (tertiary/aromatic N) is 2. The van der Waals surface area contributed by atoms with Crippen molar-refractivity contribution in [1.29, 1.82) is 0 Å². The van der Waals surface area contributed by atoms with E-state index in [-0.39, 0.29) is 11.7 Å². The SMILES string of the molecule is COc1ccccc1NC(=O)CSc1nccn1-c1cccc(C)c1C. The third-order valence-electron chi connectivity index (χ3n) is 4.16. The normalized spacial score (nSPS) is 10.6. The van der Waals surface area contributed by atoms with Crippen molar-refractivity contribution in [1.82, 2.24) is 9.55 Å². The lowest BCUT2D eigenvalue weighted by Crippen LogP contribution is -2.15. The number of aryl methyl sites for hydroxylation is 1. The highest BCUT2D eigenvalue weighted by Crippen LogP contribution is 2.26. The number of para-hydroxylation sites is 2. The standard InChI is InChI=1S/C20H21N3O2S/c1-14-7-6-9-17(15(14)2)23-12-11-21-20(23)26-13-19(24)22-16-8-4-5-10-18(16)25-3/h4-12H,13H2,1-3H3,(H,22,24). The number of amides is 1. The van der Waals surface area contributed by atoms with E-state index in [9.17, 15) is 4.79 Å². The molecular weight excluding hydrogens is 346 g/mol. The van der Waals surface area contributed by atoms with Crippen molar-refractivity contribution in [2.24, 2.45) is 0 Å². The predicted molar refractivity (Wildman–Crippen MR) is 105 cm³/mol. The summed E-state index contributed by atoms with van der Waals surface area (Å²) in [6.07, 6.45) is 3.67. The van der Waals surface area contributed by atoms with Gasteiger partial charge in [-0.2, -0.15) is 0 Å². The van der Waals surface area contributed by atoms with Gasteiger partial charge in [-0.15, -0.1) is 0 Å². The van der Waals surface area contributed by atoms with Crippen LogP contribution < -0.4 is 10.1 Å². The molecule has 0 spiro atoms. The summed E-state index contributed by atoms with van der Waals surface area (Å²) in [5, 5.41) is 3.67. The van der Waals surface area contributed by atoms with Gasteiger partial charge in [-0.05, 0) is 43.2 Å². The molecule has 0 saturated carbocycles. The molecule has 0 aliphatic heterocycles. The van der Waals surface area contributed by atoms with Crippen LogP contribution >= 0.6 is 11.8 Å². The van der Waals surface area contributed by atoms with Gasteiger partial charge in [0.15, 0.2) is 5.16 Å². The molecule has 0 saturated heterocycles. The van der Waals surface area contributed by atoms with Gasteiger partial charge in [0, 0.05) is 12.4 Å². The number of aromatic nitrogens is 2. The molecule has 0 radical (unpaired) electrons. The number of carbonyl (C=O) groups excluding carboxylic acids is 1. The number of anilines is 1. The lowest BCUT2D eigenvalue weighted by Gasteiger charge is -2.12. The molecule has 3 aromatic rings. The third-order valence-corrected chi connectivity index (χ3v) is 5.12. The Balaban J connectivity index is 1.70. The molecule has 26 heavy (non-hydrogen) atoms. The Kier molecular flexibility index (Phi) is 5.63. The molecule has 0 bridgehead atoms. The number of carbonyl (C=O) groups is 1. The van der Waals surface area contributed by atoms with Crippen molar-refractivity contribution >= 4 is 23.4 Å². The van der Waals surface area contributed by atoms with Gasteiger partial charge in [-0.25, -0.2) is 4.98 Å². The van der Waals surface area contributed by atoms with E-state index in [1.54, 1.807) is 13.3 Å². The number of rotatable bonds is 6. The van der Waals surface area contributed by atoms with Gasteiger partial charge in [0.1, 0.15) is 5.75 Å². The zero-order chi connectivity index (χ0) is 18.5. The van der Waals surface area contributed by atoms with Gasteiger partial charge in [0.05, 0.1) is 24.2 Å². The number of hydrogen-bond acceptors (Lipinski definition) is 4. The molecule has 1 aromatic heterocycles. The second-order valence-electron chi connectivity index (χ2n) is 5.84. The summed E-state index contributed by atoms with van der Waals surface area (Å²) in [6, 6.07) is 13.5. The number of methoxy groups -OCH3 is 1. The average Bonchev–Trinajstić information content (AvgIpc) is 3.11. The molecule has 5 nitrogen and oxygen atoms in total. The van der Waals surface area contributed by atoms with Gasteiger partial charge in [-0.1, -0.05) is 36.0 Å². The average molecular weight is 367 g/mol. The van der Waals surface area contributed by atoms with Crippen molar-refractivity contribution in [3.63, 3.8) is 0 Å². The minimum Gasteiger partial charge on any atom is -0.495 e. The van der Waals surface area contributed by atoms with Crippen molar-refractivity contribution in [2.45, 2.75) is 19.0 Å². The van der Waals surface area contributed by atoms with E-state index in [0.717, 1.165) is 10.8 Å². The van der Waals surface area contributed by atoms with Crippen molar-refractivity contribution < 1.29 is 9.53 Å². The van der Waals surface area contributed by atoms with E-state index >= 15 is 0 Å². The maximum Gasteiger partial charge on any atom is 0.234 e. The van der Waals surface area contributed by atoms with E-state index in [4.69, 9.17) is 4.74 Å². The molecule has 134 valence electrons. The van der Waals surface area contributed by atoms with Crippen LogP contribution in [0.1, 0.15) is 11.1 Å². The van der Waals surface area contributed by atoms with E-state index in [1.807, 2.05) is 41.1 Å². The molecular formula is C20H21N3O2S. The summed E-state index contributed by atoms with van der Waals surface area (Å²) in [5.74, 6) is 0.803. The Morgan fingerprint density at radius 2 is 2.00 bits per heavy atom. The number of thioether (sulfide) groups is 1. The Morgan fingerprint density at radius 1 is 1.19 bits per heavy atom. The van der Waals surface area contributed by atoms with E-state index in [2.05, 4.69) is 36.3 Å². The second-order valence-corrected chi connectivity index (χ2v) is 6.78. The van der Waals surface area contributed by atoms with Crippen molar-refractivity contribution in [2.75, 3.05) is 18.2 Å². The second kappa shape index (κ2) is 8.10.